The lowest BCUT2D eigenvalue weighted by Gasteiger charge is -2.37. The maximum atomic E-state index is 11.8. The zero-order valence-corrected chi connectivity index (χ0v) is 11.7. The van der Waals surface area contributed by atoms with E-state index in [0.717, 1.165) is 19.3 Å². The van der Waals surface area contributed by atoms with Crippen molar-refractivity contribution in [1.29, 1.82) is 0 Å². The van der Waals surface area contributed by atoms with Gasteiger partial charge in [-0.3, -0.25) is 4.79 Å². The Hall–Kier alpha value is -1.06. The summed E-state index contributed by atoms with van der Waals surface area (Å²) < 4.78 is 0. The lowest BCUT2D eigenvalue weighted by molar-refractivity contribution is -0.149. The topological polar surface area (TPSA) is 66.4 Å². The van der Waals surface area contributed by atoms with Gasteiger partial charge < -0.3 is 10.4 Å². The van der Waals surface area contributed by atoms with Crippen LogP contribution in [-0.2, 0) is 9.59 Å². The summed E-state index contributed by atoms with van der Waals surface area (Å²) in [5.41, 5.74) is -1.02. The highest BCUT2D eigenvalue weighted by atomic mass is 16.4. The van der Waals surface area contributed by atoms with E-state index in [1.807, 2.05) is 13.8 Å². The normalized spacial score (nSPS) is 28.1. The maximum absolute atomic E-state index is 11.8. The van der Waals surface area contributed by atoms with Crippen molar-refractivity contribution in [1.82, 2.24) is 5.32 Å². The molecule has 2 N–H and O–H groups in total. The van der Waals surface area contributed by atoms with Crippen LogP contribution in [-0.4, -0.2) is 22.5 Å². The smallest absolute Gasteiger partial charge is 0.329 e. The van der Waals surface area contributed by atoms with Gasteiger partial charge >= 0.3 is 5.97 Å². The van der Waals surface area contributed by atoms with E-state index in [-0.39, 0.29) is 11.8 Å². The molecular weight excluding hydrogens is 230 g/mol. The minimum Gasteiger partial charge on any atom is -0.480 e. The lowest BCUT2D eigenvalue weighted by atomic mass is 9.75. The molecule has 1 rings (SSSR count). The third-order valence-corrected chi connectivity index (χ3v) is 3.92. The quantitative estimate of drug-likeness (QED) is 0.793. The molecule has 0 radical (unpaired) electrons. The number of carboxylic acids is 1. The summed E-state index contributed by atoms with van der Waals surface area (Å²) in [7, 11) is 0. The average Bonchev–Trinajstić information content (AvgIpc) is 2.28. The van der Waals surface area contributed by atoms with Gasteiger partial charge in [0.25, 0.3) is 0 Å². The van der Waals surface area contributed by atoms with Crippen LogP contribution in [0, 0.1) is 11.8 Å². The molecule has 1 aliphatic rings. The molecule has 0 atom stereocenters. The molecule has 4 heteroatoms. The number of aliphatic carboxylic acids is 1. The first-order chi connectivity index (χ1) is 8.39. The molecule has 18 heavy (non-hydrogen) atoms. The number of hydrogen-bond donors (Lipinski definition) is 2. The highest BCUT2D eigenvalue weighted by molar-refractivity contribution is 5.87. The van der Waals surface area contributed by atoms with Gasteiger partial charge in [-0.15, -0.1) is 0 Å². The molecule has 0 saturated heterocycles. The van der Waals surface area contributed by atoms with Crippen LogP contribution in [0.15, 0.2) is 0 Å². The van der Waals surface area contributed by atoms with Gasteiger partial charge in [-0.2, -0.15) is 0 Å². The van der Waals surface area contributed by atoms with E-state index in [0.29, 0.717) is 25.2 Å². The molecule has 1 amide bonds. The SMILES string of the molecule is CCC1CCC(NC(=O)CC(C)C)(C(=O)O)CC1. The van der Waals surface area contributed by atoms with E-state index in [1.54, 1.807) is 0 Å². The molecular formula is C14H25NO3. The van der Waals surface area contributed by atoms with Gasteiger partial charge in [-0.25, -0.2) is 4.79 Å². The summed E-state index contributed by atoms with van der Waals surface area (Å²) in [6.07, 6.45) is 4.40. The zero-order chi connectivity index (χ0) is 13.8. The third-order valence-electron chi connectivity index (χ3n) is 3.92. The second kappa shape index (κ2) is 6.21. The van der Waals surface area contributed by atoms with Crippen LogP contribution in [0.4, 0.5) is 0 Å². The fourth-order valence-electron chi connectivity index (χ4n) is 2.66. The summed E-state index contributed by atoms with van der Waals surface area (Å²) in [6, 6.07) is 0. The molecule has 0 aromatic heterocycles. The Kier molecular flexibility index (Phi) is 5.17. The van der Waals surface area contributed by atoms with Gasteiger partial charge in [0.1, 0.15) is 5.54 Å². The minimum absolute atomic E-state index is 0.137. The van der Waals surface area contributed by atoms with Crippen molar-refractivity contribution in [2.45, 2.75) is 64.8 Å². The highest BCUT2D eigenvalue weighted by Crippen LogP contribution is 2.34. The number of carbonyl (C=O) groups is 2. The number of nitrogens with one attached hydrogen (secondary N) is 1. The van der Waals surface area contributed by atoms with Crippen LogP contribution >= 0.6 is 0 Å². The summed E-state index contributed by atoms with van der Waals surface area (Å²) in [5, 5.41) is 12.2. The van der Waals surface area contributed by atoms with Crippen LogP contribution in [0.1, 0.15) is 59.3 Å². The molecule has 0 aromatic carbocycles. The number of rotatable bonds is 5. The molecule has 4 nitrogen and oxygen atoms in total. The number of amides is 1. The Morgan fingerprint density at radius 2 is 1.89 bits per heavy atom. The Bertz CT molecular complexity index is 304. The lowest BCUT2D eigenvalue weighted by Crippen LogP contribution is -2.56. The first-order valence-corrected chi connectivity index (χ1v) is 6.94. The molecule has 104 valence electrons. The monoisotopic (exact) mass is 255 g/mol. The van der Waals surface area contributed by atoms with E-state index in [9.17, 15) is 14.7 Å². The third kappa shape index (κ3) is 3.72. The number of carboxylic acid groups (broad SMARTS) is 1. The Morgan fingerprint density at radius 3 is 2.28 bits per heavy atom. The fraction of sp³-hybridized carbons (Fsp3) is 0.857. The second-order valence-corrected chi connectivity index (χ2v) is 5.89. The molecule has 0 unspecified atom stereocenters. The largest absolute Gasteiger partial charge is 0.480 e. The van der Waals surface area contributed by atoms with Crippen LogP contribution < -0.4 is 5.32 Å². The Labute approximate surface area is 109 Å². The summed E-state index contributed by atoms with van der Waals surface area (Å²) in [6.45, 7) is 6.05. The average molecular weight is 255 g/mol. The minimum atomic E-state index is -1.02. The first-order valence-electron chi connectivity index (χ1n) is 6.94. The van der Waals surface area contributed by atoms with Crippen molar-refractivity contribution in [2.75, 3.05) is 0 Å². The predicted molar refractivity (Wildman–Crippen MR) is 70.2 cm³/mol. The Balaban J connectivity index is 2.65. The molecule has 1 fully saturated rings. The Morgan fingerprint density at radius 1 is 1.33 bits per heavy atom. The van der Waals surface area contributed by atoms with Crippen LogP contribution in [0.3, 0.4) is 0 Å². The summed E-state index contributed by atoms with van der Waals surface area (Å²) in [5.74, 6) is -0.154. The molecule has 1 aliphatic carbocycles. The maximum Gasteiger partial charge on any atom is 0.329 e. The second-order valence-electron chi connectivity index (χ2n) is 5.89. The molecule has 0 heterocycles. The number of hydrogen-bond acceptors (Lipinski definition) is 2. The standard InChI is InChI=1S/C14H25NO3/c1-4-11-5-7-14(8-6-11,13(17)18)15-12(16)9-10(2)3/h10-11H,4-9H2,1-3H3,(H,15,16)(H,17,18). The molecule has 0 aromatic rings. The van der Waals surface area contributed by atoms with Crippen molar-refractivity contribution >= 4 is 11.9 Å². The van der Waals surface area contributed by atoms with E-state index in [1.165, 1.54) is 0 Å². The van der Waals surface area contributed by atoms with E-state index < -0.39 is 11.5 Å². The number of carbonyl (C=O) groups excluding carboxylic acids is 1. The van der Waals surface area contributed by atoms with Gasteiger partial charge in [-0.05, 0) is 37.5 Å². The van der Waals surface area contributed by atoms with Crippen molar-refractivity contribution < 1.29 is 14.7 Å². The first kappa shape index (κ1) is 15.0. The van der Waals surface area contributed by atoms with Crippen LogP contribution in [0.2, 0.25) is 0 Å². The molecule has 0 aliphatic heterocycles. The zero-order valence-electron chi connectivity index (χ0n) is 11.7. The molecule has 1 saturated carbocycles. The fourth-order valence-corrected chi connectivity index (χ4v) is 2.66. The summed E-state index contributed by atoms with van der Waals surface area (Å²) in [4.78, 5) is 23.3. The van der Waals surface area contributed by atoms with Crippen molar-refractivity contribution in [3.63, 3.8) is 0 Å². The van der Waals surface area contributed by atoms with Gasteiger partial charge in [0, 0.05) is 6.42 Å². The van der Waals surface area contributed by atoms with Crippen molar-refractivity contribution in [3.8, 4) is 0 Å². The van der Waals surface area contributed by atoms with Crippen molar-refractivity contribution in [2.24, 2.45) is 11.8 Å². The van der Waals surface area contributed by atoms with Crippen molar-refractivity contribution in [3.05, 3.63) is 0 Å². The predicted octanol–water partition coefficient (Wildman–Crippen LogP) is 2.57. The highest BCUT2D eigenvalue weighted by Gasteiger charge is 2.42. The van der Waals surface area contributed by atoms with Gasteiger partial charge in [0.05, 0.1) is 0 Å². The van der Waals surface area contributed by atoms with Gasteiger partial charge in [0.2, 0.25) is 5.91 Å². The summed E-state index contributed by atoms with van der Waals surface area (Å²) >= 11 is 0. The van der Waals surface area contributed by atoms with Gasteiger partial charge in [-0.1, -0.05) is 27.2 Å². The van der Waals surface area contributed by atoms with Gasteiger partial charge in [0.15, 0.2) is 0 Å². The molecule has 0 bridgehead atoms. The van der Waals surface area contributed by atoms with E-state index in [2.05, 4.69) is 12.2 Å². The van der Waals surface area contributed by atoms with E-state index >= 15 is 0 Å². The van der Waals surface area contributed by atoms with Crippen LogP contribution in [0.25, 0.3) is 0 Å². The van der Waals surface area contributed by atoms with E-state index in [4.69, 9.17) is 0 Å². The van der Waals surface area contributed by atoms with Crippen LogP contribution in [0.5, 0.6) is 0 Å². The molecule has 0 spiro atoms.